The number of likely N-dealkylation sites (N-methyl/N-ethyl adjacent to an activating group) is 1. The predicted octanol–water partition coefficient (Wildman–Crippen LogP) is -0.304. The average molecular weight is 379 g/mol. The van der Waals surface area contributed by atoms with Gasteiger partial charge in [0.1, 0.15) is 6.54 Å². The molecule has 0 saturated carbocycles. The molecule has 1 aliphatic rings. The Kier molecular flexibility index (Phi) is 17.1. The first-order valence-electron chi connectivity index (χ1n) is 9.28. The second-order valence-electron chi connectivity index (χ2n) is 6.44. The quantitative estimate of drug-likeness (QED) is 0.285. The molecule has 0 atom stereocenters. The maximum atomic E-state index is 10.0. The van der Waals surface area contributed by atoms with E-state index in [9.17, 15) is 9.90 Å². The normalized spacial score (nSPS) is 15.5. The Hall–Kier alpha value is -0.770. The zero-order chi connectivity index (χ0) is 19.5. The van der Waals surface area contributed by atoms with Crippen LogP contribution in [-0.4, -0.2) is 104 Å². The summed E-state index contributed by atoms with van der Waals surface area (Å²) in [7, 11) is 5.72. The highest BCUT2D eigenvalue weighted by Crippen LogP contribution is 2.15. The number of carbonyl (C=O) groups excluding carboxylic acids is 1. The monoisotopic (exact) mass is 379 g/mol. The van der Waals surface area contributed by atoms with Gasteiger partial charge in [0.25, 0.3) is 0 Å². The Morgan fingerprint density at radius 1 is 0.808 bits per heavy atom. The Morgan fingerprint density at radius 3 is 1.73 bits per heavy atom. The number of carbonyl (C=O) groups is 1. The van der Waals surface area contributed by atoms with Crippen LogP contribution in [0.5, 0.6) is 0 Å². The summed E-state index contributed by atoms with van der Waals surface area (Å²) in [5.41, 5.74) is 0. The Bertz CT molecular complexity index is 323. The summed E-state index contributed by atoms with van der Waals surface area (Å²) < 4.78 is 26.4. The lowest BCUT2D eigenvalue weighted by Gasteiger charge is -2.28. The summed E-state index contributed by atoms with van der Waals surface area (Å²) in [5, 5.41) is 10.0. The van der Waals surface area contributed by atoms with Crippen molar-refractivity contribution in [2.24, 2.45) is 0 Å². The van der Waals surface area contributed by atoms with Crippen LogP contribution in [-0.2, 0) is 28.5 Å². The smallest absolute Gasteiger partial charge is 0.102 e. The first kappa shape index (κ1) is 25.2. The molecular weight excluding hydrogens is 342 g/mol. The molecule has 0 aromatic carbocycles. The molecule has 0 aliphatic carbocycles. The summed E-state index contributed by atoms with van der Waals surface area (Å²) in [6.07, 6.45) is 2.72. The van der Waals surface area contributed by atoms with Gasteiger partial charge in [0.15, 0.2) is 0 Å². The molecule has 1 saturated heterocycles. The van der Waals surface area contributed by atoms with Gasteiger partial charge in [-0.1, -0.05) is 0 Å². The molecule has 0 aromatic heterocycles. The molecular formula is C18H37NO7. The summed E-state index contributed by atoms with van der Waals surface area (Å²) in [4.78, 5) is 10.0. The van der Waals surface area contributed by atoms with Gasteiger partial charge >= 0.3 is 0 Å². The fourth-order valence-electron chi connectivity index (χ4n) is 2.47. The van der Waals surface area contributed by atoms with Crippen molar-refractivity contribution in [3.8, 4) is 0 Å². The number of carboxylic acids is 1. The number of likely N-dealkylation sites (tertiary alicyclic amines) is 1. The highest BCUT2D eigenvalue weighted by Gasteiger charge is 2.25. The van der Waals surface area contributed by atoms with Crippen molar-refractivity contribution in [1.82, 2.24) is 0 Å². The van der Waals surface area contributed by atoms with Crippen LogP contribution < -0.4 is 5.11 Å². The van der Waals surface area contributed by atoms with Crippen molar-refractivity contribution in [2.75, 3.05) is 93.8 Å². The molecule has 1 fully saturated rings. The molecule has 156 valence electrons. The predicted molar refractivity (Wildman–Crippen MR) is 95.9 cm³/mol. The summed E-state index contributed by atoms with van der Waals surface area (Å²) in [6.45, 7) is 7.92. The molecule has 0 amide bonds. The third-order valence-electron chi connectivity index (χ3n) is 4.11. The van der Waals surface area contributed by atoms with Gasteiger partial charge in [-0.05, 0) is 0 Å². The van der Waals surface area contributed by atoms with E-state index in [-0.39, 0.29) is 13.0 Å². The lowest BCUT2D eigenvalue weighted by molar-refractivity contribution is -0.897. The van der Waals surface area contributed by atoms with Crippen molar-refractivity contribution in [3.63, 3.8) is 0 Å². The molecule has 0 spiro atoms. The van der Waals surface area contributed by atoms with Crippen molar-refractivity contribution < 1.29 is 38.1 Å². The van der Waals surface area contributed by atoms with Gasteiger partial charge in [-0.25, -0.2) is 0 Å². The van der Waals surface area contributed by atoms with Crippen LogP contribution in [0.3, 0.4) is 0 Å². The molecule has 0 unspecified atom stereocenters. The van der Waals surface area contributed by atoms with Gasteiger partial charge in [0.05, 0.1) is 73.0 Å². The highest BCUT2D eigenvalue weighted by atomic mass is 16.6. The van der Waals surface area contributed by atoms with Crippen LogP contribution in [0.4, 0.5) is 0 Å². The van der Waals surface area contributed by atoms with E-state index in [0.717, 1.165) is 6.61 Å². The van der Waals surface area contributed by atoms with E-state index in [1.165, 1.54) is 37.0 Å². The average Bonchev–Trinajstić information content (AvgIpc) is 3.05. The van der Waals surface area contributed by atoms with Crippen LogP contribution in [0.2, 0.25) is 0 Å². The van der Waals surface area contributed by atoms with Gasteiger partial charge < -0.3 is 38.1 Å². The number of methoxy groups -OCH3 is 2. The van der Waals surface area contributed by atoms with Crippen LogP contribution in [0.15, 0.2) is 0 Å². The van der Waals surface area contributed by atoms with Crippen molar-refractivity contribution in [2.45, 2.75) is 19.3 Å². The summed E-state index contributed by atoms with van der Waals surface area (Å²) in [5.74, 6) is -1.10. The number of nitrogens with zero attached hydrogens (tertiary/aromatic N) is 1. The second kappa shape index (κ2) is 17.6. The highest BCUT2D eigenvalue weighted by molar-refractivity contribution is 5.64. The largest absolute Gasteiger partial charge is 0.550 e. The Morgan fingerprint density at radius 2 is 1.27 bits per heavy atom. The first-order valence-corrected chi connectivity index (χ1v) is 9.28. The fourth-order valence-corrected chi connectivity index (χ4v) is 2.47. The van der Waals surface area contributed by atoms with Gasteiger partial charge in [-0.15, -0.1) is 0 Å². The van der Waals surface area contributed by atoms with Gasteiger partial charge in [0, 0.05) is 39.5 Å². The first-order chi connectivity index (χ1) is 12.5. The molecule has 0 aromatic rings. The molecule has 1 aliphatic heterocycles. The zero-order valence-electron chi connectivity index (χ0n) is 16.7. The van der Waals surface area contributed by atoms with Crippen LogP contribution in [0.25, 0.3) is 0 Å². The molecule has 0 radical (unpaired) electrons. The zero-order valence-corrected chi connectivity index (χ0v) is 16.7. The van der Waals surface area contributed by atoms with E-state index >= 15 is 0 Å². The lowest BCUT2D eigenvalue weighted by atomic mass is 10.4. The number of carboxylic acid groups (broad SMARTS) is 1. The fraction of sp³-hybridized carbons (Fsp3) is 0.944. The molecule has 0 N–H and O–H groups in total. The van der Waals surface area contributed by atoms with E-state index in [4.69, 9.17) is 23.7 Å². The molecule has 26 heavy (non-hydrogen) atoms. The molecule has 0 bridgehead atoms. The minimum atomic E-state index is -1.10. The summed E-state index contributed by atoms with van der Waals surface area (Å²) in [6, 6.07) is 0. The summed E-state index contributed by atoms with van der Waals surface area (Å²) >= 11 is 0. The lowest BCUT2D eigenvalue weighted by Crippen LogP contribution is -2.43. The standard InChI is InChI=1S/C10H20O6.C8H18NO/c1-13-4-5-15-8-9-16-7-6-14-3-2-10(11)12;1-9(7-8-10-2)5-3-4-6-9/h2-9H2,1H3,(H,11,12);3-8H2,1-2H3/q;+1/p-1. The van der Waals surface area contributed by atoms with Crippen LogP contribution in [0, 0.1) is 0 Å². The molecule has 8 nitrogen and oxygen atoms in total. The van der Waals surface area contributed by atoms with Crippen molar-refractivity contribution in [1.29, 1.82) is 0 Å². The number of rotatable bonds is 15. The van der Waals surface area contributed by atoms with Crippen molar-refractivity contribution in [3.05, 3.63) is 0 Å². The Labute approximate surface area is 157 Å². The van der Waals surface area contributed by atoms with Crippen LogP contribution >= 0.6 is 0 Å². The number of aliphatic carboxylic acids is 1. The molecule has 8 heteroatoms. The third-order valence-corrected chi connectivity index (χ3v) is 4.11. The van der Waals surface area contributed by atoms with Gasteiger partial charge in [-0.2, -0.15) is 0 Å². The number of ether oxygens (including phenoxy) is 5. The van der Waals surface area contributed by atoms with E-state index in [2.05, 4.69) is 7.05 Å². The van der Waals surface area contributed by atoms with E-state index < -0.39 is 5.97 Å². The van der Waals surface area contributed by atoms with E-state index in [1.807, 2.05) is 0 Å². The van der Waals surface area contributed by atoms with E-state index in [0.29, 0.717) is 39.6 Å². The molecule has 1 heterocycles. The van der Waals surface area contributed by atoms with Crippen molar-refractivity contribution >= 4 is 5.97 Å². The topological polar surface area (TPSA) is 86.3 Å². The second-order valence-corrected chi connectivity index (χ2v) is 6.44. The van der Waals surface area contributed by atoms with Gasteiger partial charge in [0.2, 0.25) is 0 Å². The number of hydrogen-bond acceptors (Lipinski definition) is 7. The van der Waals surface area contributed by atoms with E-state index in [1.54, 1.807) is 14.2 Å². The maximum Gasteiger partial charge on any atom is 0.102 e. The number of quaternary nitrogens is 1. The SMILES string of the molecule is COCCOCCOCCOCCC(=O)[O-].COCC[N+]1(C)CCCC1. The minimum Gasteiger partial charge on any atom is -0.550 e. The minimum absolute atomic E-state index is 0.0832. The Balaban J connectivity index is 0.000000531. The molecule has 1 rings (SSSR count). The van der Waals surface area contributed by atoms with Crippen LogP contribution in [0.1, 0.15) is 19.3 Å². The number of hydrogen-bond donors (Lipinski definition) is 0. The third kappa shape index (κ3) is 16.7. The maximum absolute atomic E-state index is 10.0. The van der Waals surface area contributed by atoms with Gasteiger partial charge in [-0.3, -0.25) is 0 Å².